The third-order valence-corrected chi connectivity index (χ3v) is 3.12. The minimum atomic E-state index is -0.586. The molecule has 1 aliphatic rings. The summed E-state index contributed by atoms with van der Waals surface area (Å²) in [5.41, 5.74) is 5.83. The Morgan fingerprint density at radius 3 is 2.76 bits per heavy atom. The van der Waals surface area contributed by atoms with Gasteiger partial charge in [-0.2, -0.15) is 0 Å². The monoisotopic (exact) mass is 237 g/mol. The van der Waals surface area contributed by atoms with Crippen molar-refractivity contribution in [1.29, 1.82) is 0 Å². The molecule has 0 atom stereocenters. The molecule has 1 aromatic heterocycles. The molecule has 5 heteroatoms. The smallest absolute Gasteiger partial charge is 0.254 e. The van der Waals surface area contributed by atoms with Crippen molar-refractivity contribution in [3.8, 4) is 0 Å². The van der Waals surface area contributed by atoms with Gasteiger partial charge in [-0.3, -0.25) is 9.78 Å². The van der Waals surface area contributed by atoms with Crippen LogP contribution in [0.5, 0.6) is 0 Å². The molecule has 1 aliphatic carbocycles. The number of aromatic nitrogens is 1. The molecule has 1 aromatic rings. The zero-order valence-electron chi connectivity index (χ0n) is 9.53. The van der Waals surface area contributed by atoms with Gasteiger partial charge >= 0.3 is 0 Å². The summed E-state index contributed by atoms with van der Waals surface area (Å²) in [6.07, 6.45) is 5.99. The Bertz CT molecular complexity index is 402. The number of amides is 1. The maximum atomic E-state index is 13.3. The number of rotatable bonds is 2. The molecule has 1 fully saturated rings. The molecule has 0 saturated heterocycles. The lowest BCUT2D eigenvalue weighted by Gasteiger charge is -2.26. The minimum absolute atomic E-state index is 0.0508. The van der Waals surface area contributed by atoms with Gasteiger partial charge in [-0.05, 0) is 31.7 Å². The number of nitrogens with two attached hydrogens (primary N) is 1. The first-order valence-electron chi connectivity index (χ1n) is 5.83. The Morgan fingerprint density at radius 2 is 2.12 bits per heavy atom. The number of hydrogen-bond donors (Lipinski definition) is 2. The van der Waals surface area contributed by atoms with Gasteiger partial charge in [-0.1, -0.05) is 0 Å². The number of halogens is 1. The van der Waals surface area contributed by atoms with Crippen LogP contribution in [0.4, 0.5) is 4.39 Å². The number of nitrogens with one attached hydrogen (secondary N) is 1. The molecule has 1 saturated carbocycles. The first-order valence-corrected chi connectivity index (χ1v) is 5.83. The fraction of sp³-hybridized carbons (Fsp3) is 0.500. The van der Waals surface area contributed by atoms with Crippen LogP contribution >= 0.6 is 0 Å². The Kier molecular flexibility index (Phi) is 3.68. The summed E-state index contributed by atoms with van der Waals surface area (Å²) in [6.45, 7) is 0. The maximum Gasteiger partial charge on any atom is 0.254 e. The summed E-state index contributed by atoms with van der Waals surface area (Å²) in [5.74, 6) is -0.956. The number of nitrogens with zero attached hydrogens (tertiary/aromatic N) is 1. The van der Waals surface area contributed by atoms with Gasteiger partial charge in [0.2, 0.25) is 0 Å². The normalized spacial score (nSPS) is 24.4. The summed E-state index contributed by atoms with van der Waals surface area (Å²) in [4.78, 5) is 15.4. The summed E-state index contributed by atoms with van der Waals surface area (Å²) < 4.78 is 13.3. The van der Waals surface area contributed by atoms with Crippen LogP contribution in [0.15, 0.2) is 18.5 Å². The molecule has 0 radical (unpaired) electrons. The fourth-order valence-electron chi connectivity index (χ4n) is 2.09. The first-order chi connectivity index (χ1) is 8.16. The molecule has 0 spiro atoms. The standard InChI is InChI=1S/C12H16FN3O/c13-11-7-15-6-5-10(11)12(17)16-9-3-1-8(14)2-4-9/h5-9H,1-4,14H2,(H,16,17). The molecule has 3 N–H and O–H groups in total. The average Bonchev–Trinajstić information content (AvgIpc) is 2.32. The van der Waals surface area contributed by atoms with Crippen molar-refractivity contribution >= 4 is 5.91 Å². The van der Waals surface area contributed by atoms with Gasteiger partial charge in [0.05, 0.1) is 11.8 Å². The van der Waals surface area contributed by atoms with Crippen molar-refractivity contribution in [2.24, 2.45) is 5.73 Å². The third-order valence-electron chi connectivity index (χ3n) is 3.12. The number of hydrogen-bond acceptors (Lipinski definition) is 3. The van der Waals surface area contributed by atoms with E-state index in [0.717, 1.165) is 31.9 Å². The van der Waals surface area contributed by atoms with E-state index < -0.39 is 5.82 Å². The van der Waals surface area contributed by atoms with Crippen LogP contribution in [0.1, 0.15) is 36.0 Å². The predicted octanol–water partition coefficient (Wildman–Crippen LogP) is 1.22. The lowest BCUT2D eigenvalue weighted by Crippen LogP contribution is -2.40. The van der Waals surface area contributed by atoms with Gasteiger partial charge in [-0.25, -0.2) is 4.39 Å². The molecule has 0 aliphatic heterocycles. The van der Waals surface area contributed by atoms with E-state index in [1.807, 2.05) is 0 Å². The van der Waals surface area contributed by atoms with E-state index in [1.54, 1.807) is 0 Å². The molecule has 0 unspecified atom stereocenters. The second kappa shape index (κ2) is 5.23. The zero-order chi connectivity index (χ0) is 12.3. The lowest BCUT2D eigenvalue weighted by molar-refractivity contribution is 0.0921. The number of pyridine rings is 1. The van der Waals surface area contributed by atoms with Crippen LogP contribution in [-0.2, 0) is 0 Å². The van der Waals surface area contributed by atoms with Crippen LogP contribution < -0.4 is 11.1 Å². The van der Waals surface area contributed by atoms with E-state index in [9.17, 15) is 9.18 Å². The highest BCUT2D eigenvalue weighted by Crippen LogP contribution is 2.17. The summed E-state index contributed by atoms with van der Waals surface area (Å²) in [6, 6.07) is 1.73. The SMILES string of the molecule is NC1CCC(NC(=O)c2ccncc2F)CC1. The Labute approximate surface area is 99.4 Å². The summed E-state index contributed by atoms with van der Waals surface area (Å²) in [5, 5.41) is 2.83. The molecule has 4 nitrogen and oxygen atoms in total. The first kappa shape index (κ1) is 12.0. The highest BCUT2D eigenvalue weighted by molar-refractivity contribution is 5.94. The highest BCUT2D eigenvalue weighted by atomic mass is 19.1. The van der Waals surface area contributed by atoms with Crippen LogP contribution in [-0.4, -0.2) is 23.0 Å². The molecular formula is C12H16FN3O. The molecule has 1 heterocycles. The largest absolute Gasteiger partial charge is 0.349 e. The van der Waals surface area contributed by atoms with E-state index >= 15 is 0 Å². The van der Waals surface area contributed by atoms with E-state index in [1.165, 1.54) is 12.3 Å². The van der Waals surface area contributed by atoms with Crippen molar-refractivity contribution < 1.29 is 9.18 Å². The summed E-state index contributed by atoms with van der Waals surface area (Å²) in [7, 11) is 0. The van der Waals surface area contributed by atoms with Crippen molar-refractivity contribution in [2.45, 2.75) is 37.8 Å². The lowest BCUT2D eigenvalue weighted by atomic mass is 9.91. The van der Waals surface area contributed by atoms with Crippen LogP contribution in [0.2, 0.25) is 0 Å². The second-order valence-electron chi connectivity index (χ2n) is 4.44. The van der Waals surface area contributed by atoms with E-state index in [-0.39, 0.29) is 23.6 Å². The van der Waals surface area contributed by atoms with Crippen LogP contribution in [0, 0.1) is 5.82 Å². The number of carbonyl (C=O) groups excluding carboxylic acids is 1. The molecule has 17 heavy (non-hydrogen) atoms. The number of carbonyl (C=O) groups is 1. The highest BCUT2D eigenvalue weighted by Gasteiger charge is 2.21. The van der Waals surface area contributed by atoms with Gasteiger partial charge in [0.25, 0.3) is 5.91 Å². The molecule has 92 valence electrons. The van der Waals surface area contributed by atoms with Gasteiger partial charge in [0, 0.05) is 18.3 Å². The molecule has 0 aromatic carbocycles. The van der Waals surface area contributed by atoms with Crippen LogP contribution in [0.3, 0.4) is 0 Å². The molecule has 1 amide bonds. The Morgan fingerprint density at radius 1 is 1.41 bits per heavy atom. The van der Waals surface area contributed by atoms with Gasteiger partial charge in [-0.15, -0.1) is 0 Å². The second-order valence-corrected chi connectivity index (χ2v) is 4.44. The average molecular weight is 237 g/mol. The fourth-order valence-corrected chi connectivity index (χ4v) is 2.09. The van der Waals surface area contributed by atoms with Gasteiger partial charge in [0.1, 0.15) is 0 Å². The van der Waals surface area contributed by atoms with Crippen LogP contribution in [0.25, 0.3) is 0 Å². The van der Waals surface area contributed by atoms with Crippen molar-refractivity contribution in [1.82, 2.24) is 10.3 Å². The molecule has 0 bridgehead atoms. The Balaban J connectivity index is 1.96. The topological polar surface area (TPSA) is 68.0 Å². The maximum absolute atomic E-state index is 13.3. The zero-order valence-corrected chi connectivity index (χ0v) is 9.53. The van der Waals surface area contributed by atoms with Crippen molar-refractivity contribution in [2.75, 3.05) is 0 Å². The van der Waals surface area contributed by atoms with E-state index in [2.05, 4.69) is 10.3 Å². The predicted molar refractivity (Wildman–Crippen MR) is 61.9 cm³/mol. The Hall–Kier alpha value is -1.49. The third kappa shape index (κ3) is 3.00. The molecule has 2 rings (SSSR count). The van der Waals surface area contributed by atoms with E-state index in [4.69, 9.17) is 5.73 Å². The van der Waals surface area contributed by atoms with Crippen molar-refractivity contribution in [3.63, 3.8) is 0 Å². The summed E-state index contributed by atoms with van der Waals surface area (Å²) >= 11 is 0. The minimum Gasteiger partial charge on any atom is -0.349 e. The molecular weight excluding hydrogens is 221 g/mol. The van der Waals surface area contributed by atoms with Gasteiger partial charge in [0.15, 0.2) is 5.82 Å². The quantitative estimate of drug-likeness (QED) is 0.812. The van der Waals surface area contributed by atoms with Crippen molar-refractivity contribution in [3.05, 3.63) is 29.8 Å². The van der Waals surface area contributed by atoms with E-state index in [0.29, 0.717) is 0 Å². The van der Waals surface area contributed by atoms with Gasteiger partial charge < -0.3 is 11.1 Å².